The molecule has 0 saturated carbocycles. The third-order valence-corrected chi connectivity index (χ3v) is 8.66. The smallest absolute Gasteiger partial charge is 0.244 e. The van der Waals surface area contributed by atoms with Gasteiger partial charge in [0.25, 0.3) is 0 Å². The summed E-state index contributed by atoms with van der Waals surface area (Å²) in [7, 11) is -3.79. The van der Waals surface area contributed by atoms with Crippen LogP contribution in [-0.4, -0.2) is 41.9 Å². The van der Waals surface area contributed by atoms with E-state index in [0.717, 1.165) is 0 Å². The van der Waals surface area contributed by atoms with E-state index in [0.29, 0.717) is 58.5 Å². The van der Waals surface area contributed by atoms with Crippen molar-refractivity contribution in [1.29, 1.82) is 5.26 Å². The zero-order valence-corrected chi connectivity index (χ0v) is 19.9. The Hall–Kier alpha value is -3.07. The van der Waals surface area contributed by atoms with Gasteiger partial charge in [-0.05, 0) is 44.0 Å². The SMILES string of the molecule is CCc1nc(-c2cc(S(=O)(=O)N3CCC[C@H](C(=O)Nc4cccc(C#N)c4)C3)c(C)s2)no1. The molecule has 9 nitrogen and oxygen atoms in total. The summed E-state index contributed by atoms with van der Waals surface area (Å²) in [4.78, 5) is 18.6. The van der Waals surface area contributed by atoms with Crippen molar-refractivity contribution in [2.24, 2.45) is 5.92 Å². The molecule has 1 aromatic carbocycles. The third kappa shape index (κ3) is 4.83. The Bertz CT molecular complexity index is 1320. The first-order valence-corrected chi connectivity index (χ1v) is 12.8. The highest BCUT2D eigenvalue weighted by atomic mass is 32.2. The maximum atomic E-state index is 13.4. The van der Waals surface area contributed by atoms with Crippen molar-refractivity contribution in [3.05, 3.63) is 46.7 Å². The summed E-state index contributed by atoms with van der Waals surface area (Å²) in [5.41, 5.74) is 0.959. The quantitative estimate of drug-likeness (QED) is 0.565. The zero-order chi connectivity index (χ0) is 23.6. The Morgan fingerprint density at radius 1 is 1.39 bits per heavy atom. The number of aromatic nitrogens is 2. The molecule has 3 heterocycles. The van der Waals surface area contributed by atoms with Gasteiger partial charge in [0.15, 0.2) is 0 Å². The Morgan fingerprint density at radius 2 is 2.21 bits per heavy atom. The molecule has 1 N–H and O–H groups in total. The fourth-order valence-corrected chi connectivity index (χ4v) is 6.76. The molecule has 172 valence electrons. The van der Waals surface area contributed by atoms with Gasteiger partial charge in [0.05, 0.1) is 27.3 Å². The van der Waals surface area contributed by atoms with Crippen LogP contribution in [0.5, 0.6) is 0 Å². The number of nitriles is 1. The minimum absolute atomic E-state index is 0.0962. The molecule has 1 atom stereocenters. The Morgan fingerprint density at radius 3 is 2.94 bits per heavy atom. The van der Waals surface area contributed by atoms with Gasteiger partial charge in [-0.1, -0.05) is 18.1 Å². The summed E-state index contributed by atoms with van der Waals surface area (Å²) in [6.07, 6.45) is 1.77. The van der Waals surface area contributed by atoms with Gasteiger partial charge in [-0.15, -0.1) is 11.3 Å². The molecule has 1 amide bonds. The van der Waals surface area contributed by atoms with Crippen LogP contribution < -0.4 is 5.32 Å². The van der Waals surface area contributed by atoms with Crippen LogP contribution in [0.25, 0.3) is 10.7 Å². The highest BCUT2D eigenvalue weighted by Gasteiger charge is 2.35. The normalized spacial score (nSPS) is 16.9. The maximum absolute atomic E-state index is 13.4. The first kappa shape index (κ1) is 23.1. The molecule has 0 aliphatic carbocycles. The van der Waals surface area contributed by atoms with Crippen molar-refractivity contribution in [1.82, 2.24) is 14.4 Å². The number of sulfonamides is 1. The molecule has 0 spiro atoms. The van der Waals surface area contributed by atoms with E-state index >= 15 is 0 Å². The van der Waals surface area contributed by atoms with Gasteiger partial charge < -0.3 is 9.84 Å². The number of rotatable bonds is 6. The van der Waals surface area contributed by atoms with Gasteiger partial charge in [-0.2, -0.15) is 14.6 Å². The van der Waals surface area contributed by atoms with Crippen molar-refractivity contribution < 1.29 is 17.7 Å². The fourth-order valence-electron chi connectivity index (χ4n) is 3.75. The van der Waals surface area contributed by atoms with Crippen molar-refractivity contribution in [2.75, 3.05) is 18.4 Å². The molecular weight excluding hydrogens is 462 g/mol. The predicted octanol–water partition coefficient (Wildman–Crippen LogP) is 3.58. The summed E-state index contributed by atoms with van der Waals surface area (Å²) in [6.45, 7) is 4.09. The van der Waals surface area contributed by atoms with E-state index in [2.05, 4.69) is 15.5 Å². The van der Waals surface area contributed by atoms with E-state index in [4.69, 9.17) is 9.78 Å². The third-order valence-electron chi connectivity index (χ3n) is 5.50. The number of nitrogens with one attached hydrogen (secondary N) is 1. The van der Waals surface area contributed by atoms with Crippen LogP contribution in [0.2, 0.25) is 0 Å². The number of carbonyl (C=O) groups excluding carboxylic acids is 1. The van der Waals surface area contributed by atoms with E-state index in [1.165, 1.54) is 15.6 Å². The van der Waals surface area contributed by atoms with Gasteiger partial charge in [-0.25, -0.2) is 8.42 Å². The number of hydrogen-bond acceptors (Lipinski definition) is 8. The maximum Gasteiger partial charge on any atom is 0.244 e. The molecule has 0 unspecified atom stereocenters. The second-order valence-electron chi connectivity index (χ2n) is 7.78. The van der Waals surface area contributed by atoms with Gasteiger partial charge >= 0.3 is 0 Å². The minimum atomic E-state index is -3.79. The van der Waals surface area contributed by atoms with E-state index in [1.807, 2.05) is 13.0 Å². The average molecular weight is 486 g/mol. The number of anilines is 1. The molecule has 1 saturated heterocycles. The highest BCUT2D eigenvalue weighted by molar-refractivity contribution is 7.89. The van der Waals surface area contributed by atoms with Crippen molar-refractivity contribution >= 4 is 33.0 Å². The van der Waals surface area contributed by atoms with E-state index < -0.39 is 15.9 Å². The summed E-state index contributed by atoms with van der Waals surface area (Å²) >= 11 is 1.30. The molecule has 0 bridgehead atoms. The number of aryl methyl sites for hydroxylation is 2. The van der Waals surface area contributed by atoms with E-state index in [-0.39, 0.29) is 17.3 Å². The predicted molar refractivity (Wildman–Crippen MR) is 123 cm³/mol. The van der Waals surface area contributed by atoms with Crippen molar-refractivity contribution in [2.45, 2.75) is 38.0 Å². The minimum Gasteiger partial charge on any atom is -0.339 e. The topological polar surface area (TPSA) is 129 Å². The molecule has 3 aromatic rings. The molecule has 1 aliphatic heterocycles. The largest absolute Gasteiger partial charge is 0.339 e. The average Bonchev–Trinajstić information content (AvgIpc) is 3.46. The summed E-state index contributed by atoms with van der Waals surface area (Å²) < 4.78 is 33.4. The van der Waals surface area contributed by atoms with Crippen LogP contribution in [0.15, 0.2) is 39.8 Å². The molecular formula is C22H23N5O4S2. The number of hydrogen-bond donors (Lipinski definition) is 1. The van der Waals surface area contributed by atoms with Gasteiger partial charge in [0.2, 0.25) is 27.6 Å². The molecule has 2 aromatic heterocycles. The Kier molecular flexibility index (Phi) is 6.60. The number of benzene rings is 1. The van der Waals surface area contributed by atoms with Crippen molar-refractivity contribution in [3.8, 4) is 16.8 Å². The second-order valence-corrected chi connectivity index (χ2v) is 10.9. The first-order valence-electron chi connectivity index (χ1n) is 10.6. The van der Waals surface area contributed by atoms with E-state index in [1.54, 1.807) is 37.3 Å². The van der Waals surface area contributed by atoms with Crippen LogP contribution in [0, 0.1) is 24.2 Å². The molecule has 0 radical (unpaired) electrons. The first-order chi connectivity index (χ1) is 15.8. The standard InChI is InChI=1S/C22H23N5O4S2/c1-3-20-25-21(26-31-20)18-11-19(14(2)32-18)33(29,30)27-9-5-7-16(13-27)22(28)24-17-8-4-6-15(10-17)12-23/h4,6,8,10-11,16H,3,5,7,9,13H2,1-2H3,(H,24,28)/t16-/m0/s1. The molecule has 1 fully saturated rings. The van der Waals surface area contributed by atoms with Gasteiger partial charge in [0.1, 0.15) is 0 Å². The van der Waals surface area contributed by atoms with Gasteiger partial charge in [-0.3, -0.25) is 4.79 Å². The van der Waals surface area contributed by atoms with E-state index in [9.17, 15) is 13.2 Å². The van der Waals surface area contributed by atoms with Crippen LogP contribution >= 0.6 is 11.3 Å². The summed E-state index contributed by atoms with van der Waals surface area (Å²) in [5, 5.41) is 15.8. The monoisotopic (exact) mass is 485 g/mol. The lowest BCUT2D eigenvalue weighted by atomic mass is 9.98. The molecule has 4 rings (SSSR count). The Balaban J connectivity index is 1.51. The lowest BCUT2D eigenvalue weighted by molar-refractivity contribution is -0.120. The summed E-state index contributed by atoms with van der Waals surface area (Å²) in [5.74, 6) is 0.121. The van der Waals surface area contributed by atoms with Crippen LogP contribution in [-0.2, 0) is 21.2 Å². The lowest BCUT2D eigenvalue weighted by Crippen LogP contribution is -2.43. The highest BCUT2D eigenvalue weighted by Crippen LogP contribution is 2.35. The molecule has 11 heteroatoms. The van der Waals surface area contributed by atoms with Gasteiger partial charge in [0, 0.05) is 30.1 Å². The second kappa shape index (κ2) is 9.43. The van der Waals surface area contributed by atoms with Crippen molar-refractivity contribution in [3.63, 3.8) is 0 Å². The summed E-state index contributed by atoms with van der Waals surface area (Å²) in [6, 6.07) is 10.3. The number of piperidine rings is 1. The van der Waals surface area contributed by atoms with Crippen LogP contribution in [0.1, 0.15) is 36.1 Å². The van der Waals surface area contributed by atoms with Crippen LogP contribution in [0.4, 0.5) is 5.69 Å². The number of carbonyl (C=O) groups is 1. The van der Waals surface area contributed by atoms with Crippen LogP contribution in [0.3, 0.4) is 0 Å². The Labute approximate surface area is 196 Å². The number of amides is 1. The number of thiophene rings is 1. The zero-order valence-electron chi connectivity index (χ0n) is 18.2. The lowest BCUT2D eigenvalue weighted by Gasteiger charge is -2.31. The fraction of sp³-hybridized carbons (Fsp3) is 0.364. The molecule has 1 aliphatic rings. The molecule has 33 heavy (non-hydrogen) atoms. The number of nitrogens with zero attached hydrogens (tertiary/aromatic N) is 4.